The number of rotatable bonds is 15. The number of anilines is 1. The number of nitrogen functional groups attached to an aromatic ring is 1. The van der Waals surface area contributed by atoms with Crippen molar-refractivity contribution in [3.05, 3.63) is 114 Å². The number of nitrogens with one attached hydrogen (secondary N) is 1. The minimum absolute atomic E-state index is 0.0316. The van der Waals surface area contributed by atoms with Gasteiger partial charge in [-0.25, -0.2) is 14.6 Å². The fourth-order valence-electron chi connectivity index (χ4n) is 8.55. The maximum absolute atomic E-state index is 14.8. The molecule has 0 radical (unpaired) electrons. The van der Waals surface area contributed by atoms with Crippen molar-refractivity contribution in [2.45, 2.75) is 45.6 Å². The summed E-state index contributed by atoms with van der Waals surface area (Å²) in [5.74, 6) is 1.61. The molecule has 3 aromatic heterocycles. The van der Waals surface area contributed by atoms with E-state index >= 15 is 0 Å². The van der Waals surface area contributed by atoms with E-state index < -0.39 is 11.0 Å². The lowest BCUT2D eigenvalue weighted by molar-refractivity contribution is -0.127. The van der Waals surface area contributed by atoms with Crippen LogP contribution in [0.2, 0.25) is 0 Å². The summed E-state index contributed by atoms with van der Waals surface area (Å²) in [4.78, 5) is 46.0. The number of ether oxygens (including phenoxy) is 1. The number of para-hydroxylation sites is 1. The molecule has 0 unspecified atom stereocenters. The van der Waals surface area contributed by atoms with Gasteiger partial charge in [-0.05, 0) is 99.4 Å². The highest BCUT2D eigenvalue weighted by atomic mass is 32.3. The zero-order chi connectivity index (χ0) is 44.8. The van der Waals surface area contributed by atoms with Gasteiger partial charge in [-0.3, -0.25) is 28.4 Å². The molecule has 64 heavy (non-hydrogen) atoms. The first-order valence-corrected chi connectivity index (χ1v) is 23.5. The van der Waals surface area contributed by atoms with Crippen LogP contribution in [0.1, 0.15) is 50.5 Å². The molecule has 5 aromatic rings. The zero-order valence-electron chi connectivity index (χ0n) is 36.5. The van der Waals surface area contributed by atoms with Gasteiger partial charge >= 0.3 is 0 Å². The van der Waals surface area contributed by atoms with Crippen molar-refractivity contribution < 1.29 is 22.1 Å². The molecule has 0 saturated carbocycles. The number of amides is 2. The molecule has 17 heteroatoms. The quantitative estimate of drug-likeness (QED) is 0.102. The number of piperidine rings is 1. The predicted octanol–water partition coefficient (Wildman–Crippen LogP) is 7.48. The average Bonchev–Trinajstić information content (AvgIpc) is 3.98. The lowest BCUT2D eigenvalue weighted by atomic mass is 10.1. The van der Waals surface area contributed by atoms with Crippen molar-refractivity contribution in [3.63, 3.8) is 0 Å². The van der Waals surface area contributed by atoms with Crippen LogP contribution in [0, 0.1) is 0 Å². The largest absolute Gasteiger partial charge is 0.457 e. The lowest BCUT2D eigenvalue weighted by Crippen LogP contribution is -2.48. The second-order valence-electron chi connectivity index (χ2n) is 16.5. The van der Waals surface area contributed by atoms with Crippen LogP contribution in [0.4, 0.5) is 13.6 Å². The predicted molar refractivity (Wildman–Crippen MR) is 250 cm³/mol. The van der Waals surface area contributed by atoms with Crippen molar-refractivity contribution in [2.24, 2.45) is 4.99 Å². The Kier molecular flexibility index (Phi) is 13.7. The Morgan fingerprint density at radius 2 is 1.70 bits per heavy atom. The highest BCUT2D eigenvalue weighted by molar-refractivity contribution is 8.23. The number of carbonyl (C=O) groups excluding carboxylic acids is 2. The number of hydrogen-bond donors (Lipinski definition) is 2. The maximum atomic E-state index is 14.8. The molecule has 0 spiro atoms. The molecular formula is C47H55F2N11O3S. The fraction of sp³-hybridized carbons (Fsp3) is 0.362. The third kappa shape index (κ3) is 10.6. The average molecular weight is 892 g/mol. The molecule has 2 aromatic carbocycles. The summed E-state index contributed by atoms with van der Waals surface area (Å²) in [5.41, 5.74) is 11.9. The Labute approximate surface area is 374 Å². The Balaban J connectivity index is 0.780. The summed E-state index contributed by atoms with van der Waals surface area (Å²) in [5, 5.41) is 8.68. The van der Waals surface area contributed by atoms with Crippen LogP contribution in [0.15, 0.2) is 108 Å². The van der Waals surface area contributed by atoms with Gasteiger partial charge in [0, 0.05) is 94.6 Å². The molecule has 2 amide bonds. The standard InChI is InChI=1S/C47H55F2N11O3S/c1-33-29-34(2)54-41(33)30-37-16-15-36(60(37)64(3,48)49)17-20-42(61)51-21-24-57-27-25-56(26-28-57)22-8-12-43(62)58-23-7-9-38(31-58)59-47-44(46(50)52-32-53-47)45(55-59)35-13-18-40(19-14-35)63-39-10-5-4-6-11-39/h4-6,8,10-16,18-19,29-30,32,38H,7,9,17,20-28,31H2,1-3H3,(H,51,61)(H2,50,52,53)/b12-8+,41-30-/t38-/m1/s1. The Bertz CT molecular complexity index is 2590. The molecule has 336 valence electrons. The minimum atomic E-state index is -4.10. The third-order valence-electron chi connectivity index (χ3n) is 11.8. The van der Waals surface area contributed by atoms with E-state index in [9.17, 15) is 17.4 Å². The van der Waals surface area contributed by atoms with Crippen LogP contribution in [0.3, 0.4) is 0 Å². The van der Waals surface area contributed by atoms with Gasteiger partial charge in [-0.2, -0.15) is 5.10 Å². The molecule has 3 aliphatic heterocycles. The van der Waals surface area contributed by atoms with Gasteiger partial charge in [-0.1, -0.05) is 24.3 Å². The molecule has 3 N–H and O–H groups in total. The third-order valence-corrected chi connectivity index (χ3v) is 12.9. The molecule has 8 rings (SSSR count). The summed E-state index contributed by atoms with van der Waals surface area (Å²) >= 11 is 0. The Morgan fingerprint density at radius 1 is 0.953 bits per heavy atom. The number of aliphatic imine (C=N–C) groups is 1. The number of aromatic nitrogens is 5. The van der Waals surface area contributed by atoms with Gasteiger partial charge in [-0.15, -0.1) is 7.77 Å². The molecule has 14 nitrogen and oxygen atoms in total. The van der Waals surface area contributed by atoms with Crippen molar-refractivity contribution >= 4 is 51.4 Å². The number of piperazine rings is 1. The van der Waals surface area contributed by atoms with E-state index in [2.05, 4.69) is 30.1 Å². The first-order chi connectivity index (χ1) is 30.9. The molecule has 0 bridgehead atoms. The molecule has 2 saturated heterocycles. The number of likely N-dealkylation sites (tertiary alicyclic amines) is 1. The maximum Gasteiger partial charge on any atom is 0.246 e. The molecule has 2 fully saturated rings. The summed E-state index contributed by atoms with van der Waals surface area (Å²) < 4.78 is 38.6. The molecule has 0 aliphatic carbocycles. The van der Waals surface area contributed by atoms with E-state index in [0.717, 1.165) is 71.8 Å². The first-order valence-electron chi connectivity index (χ1n) is 21.7. The number of nitrogens with zero attached hydrogens (tertiary/aromatic N) is 9. The SMILES string of the molecule is CC1=CC(C)=N/C1=C\c1ccc(CCC(=O)NCCN2CCN(C/C=C/C(=O)N3CCC[C@@H](n4nc(-c5ccc(Oc6ccccc6)cc5)c5c(N)ncnc54)C3)CC2)n1S(C)(F)F. The van der Waals surface area contributed by atoms with Gasteiger partial charge in [0.05, 0.1) is 22.8 Å². The highest BCUT2D eigenvalue weighted by Crippen LogP contribution is 2.51. The fourth-order valence-corrected chi connectivity index (χ4v) is 9.60. The van der Waals surface area contributed by atoms with Gasteiger partial charge in [0.1, 0.15) is 40.3 Å². The monoisotopic (exact) mass is 891 g/mol. The van der Waals surface area contributed by atoms with Crippen molar-refractivity contribution in [2.75, 3.05) is 70.9 Å². The highest BCUT2D eigenvalue weighted by Gasteiger charge is 2.29. The van der Waals surface area contributed by atoms with Crippen LogP contribution in [0.25, 0.3) is 28.4 Å². The summed E-state index contributed by atoms with van der Waals surface area (Å²) in [6.45, 7) is 10.1. The number of carbonyl (C=O) groups is 2. The van der Waals surface area contributed by atoms with Crippen LogP contribution in [0.5, 0.6) is 11.5 Å². The van der Waals surface area contributed by atoms with Crippen LogP contribution >= 0.6 is 11.0 Å². The van der Waals surface area contributed by atoms with Gasteiger partial charge in [0.15, 0.2) is 5.65 Å². The minimum Gasteiger partial charge on any atom is -0.457 e. The van der Waals surface area contributed by atoms with Crippen LogP contribution < -0.4 is 15.8 Å². The Hall–Kier alpha value is -6.17. The topological polar surface area (TPSA) is 152 Å². The number of benzene rings is 2. The van der Waals surface area contributed by atoms with Gasteiger partial charge < -0.3 is 20.7 Å². The first kappa shape index (κ1) is 44.4. The van der Waals surface area contributed by atoms with E-state index in [0.29, 0.717) is 78.1 Å². The molecule has 6 heterocycles. The van der Waals surface area contributed by atoms with Crippen molar-refractivity contribution in [1.29, 1.82) is 0 Å². The summed E-state index contributed by atoms with van der Waals surface area (Å²) in [7, 11) is -4.10. The van der Waals surface area contributed by atoms with Gasteiger partial charge in [0.25, 0.3) is 0 Å². The number of hydrogen-bond acceptors (Lipinski definition) is 10. The zero-order valence-corrected chi connectivity index (χ0v) is 37.3. The molecule has 1 atom stereocenters. The number of aryl methyl sites for hydroxylation is 1. The van der Waals surface area contributed by atoms with Crippen molar-refractivity contribution in [1.82, 2.24) is 43.7 Å². The number of halogens is 2. The second-order valence-corrected chi connectivity index (χ2v) is 18.2. The number of nitrogens with two attached hydrogens (primary N) is 1. The van der Waals surface area contributed by atoms with E-state index in [-0.39, 0.29) is 30.7 Å². The van der Waals surface area contributed by atoms with E-state index in [4.69, 9.17) is 15.6 Å². The summed E-state index contributed by atoms with van der Waals surface area (Å²) in [6, 6.07) is 20.6. The van der Waals surface area contributed by atoms with E-state index in [1.54, 1.807) is 24.3 Å². The lowest BCUT2D eigenvalue weighted by Gasteiger charge is -2.34. The van der Waals surface area contributed by atoms with Gasteiger partial charge in [0.2, 0.25) is 11.8 Å². The van der Waals surface area contributed by atoms with Crippen LogP contribution in [-0.2, 0) is 16.0 Å². The summed E-state index contributed by atoms with van der Waals surface area (Å²) in [6.07, 6.45) is 11.6. The Morgan fingerprint density at radius 3 is 2.44 bits per heavy atom. The molecule has 3 aliphatic rings. The van der Waals surface area contributed by atoms with Crippen LogP contribution in [-0.4, -0.2) is 121 Å². The van der Waals surface area contributed by atoms with E-state index in [1.165, 1.54) is 6.33 Å². The molecular weight excluding hydrogens is 837 g/mol. The van der Waals surface area contributed by atoms with E-state index in [1.807, 2.05) is 90.2 Å². The number of fused-ring (bicyclic) bond motifs is 1. The smallest absolute Gasteiger partial charge is 0.246 e. The number of allylic oxidation sites excluding steroid dienone is 2. The van der Waals surface area contributed by atoms with Crippen molar-refractivity contribution in [3.8, 4) is 22.8 Å². The normalized spacial score (nSPS) is 18.5. The second kappa shape index (κ2) is 19.7.